The summed E-state index contributed by atoms with van der Waals surface area (Å²) in [6.45, 7) is 8.69. The lowest BCUT2D eigenvalue weighted by atomic mass is 9.83. The molecule has 0 aliphatic heterocycles. The van der Waals surface area contributed by atoms with Gasteiger partial charge in [0.25, 0.3) is 0 Å². The number of carbonyl (C=O) groups is 2. The largest absolute Gasteiger partial charge is 0.481 e. The summed E-state index contributed by atoms with van der Waals surface area (Å²) >= 11 is 0. The molecule has 4 nitrogen and oxygen atoms in total. The number of unbranched alkanes of at least 4 members (excludes halogenated alkanes) is 2. The fourth-order valence-corrected chi connectivity index (χ4v) is 3.38. The van der Waals surface area contributed by atoms with E-state index in [1.165, 1.54) is 12.8 Å². The van der Waals surface area contributed by atoms with Gasteiger partial charge < -0.3 is 9.84 Å². The molecule has 0 spiro atoms. The molecule has 0 bridgehead atoms. The van der Waals surface area contributed by atoms with Crippen molar-refractivity contribution in [3.63, 3.8) is 0 Å². The Labute approximate surface area is 153 Å². The Bertz CT molecular complexity index is 441. The summed E-state index contributed by atoms with van der Waals surface area (Å²) in [5.74, 6) is -1.40. The molecule has 0 aromatic rings. The smallest absolute Gasteiger partial charge is 0.310 e. The van der Waals surface area contributed by atoms with Gasteiger partial charge >= 0.3 is 11.9 Å². The molecule has 1 aliphatic carbocycles. The minimum absolute atomic E-state index is 0.100. The van der Waals surface area contributed by atoms with Crippen molar-refractivity contribution in [2.75, 3.05) is 0 Å². The molecule has 0 saturated carbocycles. The first kappa shape index (κ1) is 21.7. The van der Waals surface area contributed by atoms with Crippen molar-refractivity contribution in [3.8, 4) is 0 Å². The lowest BCUT2D eigenvalue weighted by Crippen LogP contribution is -2.36. The molecule has 4 atom stereocenters. The second-order valence-corrected chi connectivity index (χ2v) is 7.89. The third-order valence-corrected chi connectivity index (χ3v) is 5.37. The van der Waals surface area contributed by atoms with Crippen molar-refractivity contribution in [3.05, 3.63) is 12.2 Å². The summed E-state index contributed by atoms with van der Waals surface area (Å²) in [5, 5.41) is 9.35. The Morgan fingerprint density at radius 1 is 1.04 bits per heavy atom. The Morgan fingerprint density at radius 3 is 2.20 bits per heavy atom. The maximum Gasteiger partial charge on any atom is 0.310 e. The first-order chi connectivity index (χ1) is 11.9. The molecule has 0 radical (unpaired) electrons. The summed E-state index contributed by atoms with van der Waals surface area (Å²) in [7, 11) is 0. The highest BCUT2D eigenvalue weighted by molar-refractivity contribution is 5.81. The van der Waals surface area contributed by atoms with E-state index in [4.69, 9.17) is 4.74 Å². The molecule has 4 unspecified atom stereocenters. The monoisotopic (exact) mass is 352 g/mol. The van der Waals surface area contributed by atoms with Crippen LogP contribution in [0.4, 0.5) is 0 Å². The minimum Gasteiger partial charge on any atom is -0.481 e. The second kappa shape index (κ2) is 11.3. The number of carboxylic acids is 1. The highest BCUT2D eigenvalue weighted by atomic mass is 16.5. The van der Waals surface area contributed by atoms with E-state index < -0.39 is 17.8 Å². The van der Waals surface area contributed by atoms with Gasteiger partial charge in [-0.15, -0.1) is 0 Å². The molecular weight excluding hydrogens is 316 g/mol. The Hall–Kier alpha value is -1.32. The van der Waals surface area contributed by atoms with Crippen molar-refractivity contribution >= 4 is 11.9 Å². The molecule has 1 rings (SSSR count). The fraction of sp³-hybridized carbons (Fsp3) is 0.810. The van der Waals surface area contributed by atoms with Gasteiger partial charge in [-0.3, -0.25) is 9.59 Å². The second-order valence-electron chi connectivity index (χ2n) is 7.89. The summed E-state index contributed by atoms with van der Waals surface area (Å²) in [5.41, 5.74) is 0. The van der Waals surface area contributed by atoms with Crippen LogP contribution in [0.25, 0.3) is 0 Å². The van der Waals surface area contributed by atoms with E-state index in [1.54, 1.807) is 0 Å². The summed E-state index contributed by atoms with van der Waals surface area (Å²) in [4.78, 5) is 24.0. The van der Waals surface area contributed by atoms with Crippen LogP contribution in [-0.4, -0.2) is 23.1 Å². The van der Waals surface area contributed by atoms with E-state index in [0.717, 1.165) is 31.6 Å². The molecule has 0 aromatic carbocycles. The first-order valence-electron chi connectivity index (χ1n) is 9.95. The van der Waals surface area contributed by atoms with Crippen molar-refractivity contribution < 1.29 is 19.4 Å². The number of carboxylic acid groups (broad SMARTS) is 1. The maximum absolute atomic E-state index is 12.6. The van der Waals surface area contributed by atoms with E-state index in [9.17, 15) is 14.7 Å². The topological polar surface area (TPSA) is 63.6 Å². The van der Waals surface area contributed by atoms with Crippen molar-refractivity contribution in [1.82, 2.24) is 0 Å². The number of esters is 1. The summed E-state index contributed by atoms with van der Waals surface area (Å²) < 4.78 is 5.81. The van der Waals surface area contributed by atoms with Gasteiger partial charge in [0.1, 0.15) is 6.10 Å². The molecule has 1 N–H and O–H groups in total. The van der Waals surface area contributed by atoms with Crippen LogP contribution >= 0.6 is 0 Å². The summed E-state index contributed by atoms with van der Waals surface area (Å²) in [6, 6.07) is 0. The quantitative estimate of drug-likeness (QED) is 0.315. The molecule has 0 heterocycles. The zero-order chi connectivity index (χ0) is 18.8. The van der Waals surface area contributed by atoms with Crippen molar-refractivity contribution in [2.45, 2.75) is 85.2 Å². The number of carbonyl (C=O) groups excluding carboxylic acids is 1. The summed E-state index contributed by atoms with van der Waals surface area (Å²) in [6.07, 6.45) is 11.0. The lowest BCUT2D eigenvalue weighted by Gasteiger charge is -2.28. The molecule has 0 saturated heterocycles. The van der Waals surface area contributed by atoms with Gasteiger partial charge in [-0.05, 0) is 37.5 Å². The zero-order valence-corrected chi connectivity index (χ0v) is 16.4. The van der Waals surface area contributed by atoms with Crippen LogP contribution in [-0.2, 0) is 14.3 Å². The number of hydrogen-bond donors (Lipinski definition) is 1. The van der Waals surface area contributed by atoms with Crippen LogP contribution < -0.4 is 0 Å². The predicted octanol–water partition coefficient (Wildman–Crippen LogP) is 5.22. The van der Waals surface area contributed by atoms with Gasteiger partial charge in [-0.2, -0.15) is 0 Å². The predicted molar refractivity (Wildman–Crippen MR) is 100 cm³/mol. The minimum atomic E-state index is -0.903. The zero-order valence-electron chi connectivity index (χ0n) is 16.4. The first-order valence-corrected chi connectivity index (χ1v) is 9.95. The SMILES string of the molecule is CCC(C)C(CCCCCC(C)C)OC(=O)C1CC=CCC1C(=O)O. The third-order valence-electron chi connectivity index (χ3n) is 5.37. The lowest BCUT2D eigenvalue weighted by molar-refractivity contribution is -0.164. The van der Waals surface area contributed by atoms with E-state index in [2.05, 4.69) is 27.7 Å². The highest BCUT2D eigenvalue weighted by Crippen LogP contribution is 2.29. The van der Waals surface area contributed by atoms with Gasteiger partial charge in [-0.25, -0.2) is 0 Å². The van der Waals surface area contributed by atoms with E-state index in [-0.39, 0.29) is 12.1 Å². The molecule has 144 valence electrons. The van der Waals surface area contributed by atoms with Gasteiger partial charge in [0.2, 0.25) is 0 Å². The standard InChI is InChI=1S/C21H36O4/c1-5-16(4)19(14-8-6-7-11-15(2)3)25-21(24)18-13-10-9-12-17(18)20(22)23/h9-10,15-19H,5-8,11-14H2,1-4H3,(H,22,23). The molecule has 1 aliphatic rings. The van der Waals surface area contributed by atoms with Crippen molar-refractivity contribution in [1.29, 1.82) is 0 Å². The van der Waals surface area contributed by atoms with E-state index in [1.807, 2.05) is 12.2 Å². The molecule has 25 heavy (non-hydrogen) atoms. The van der Waals surface area contributed by atoms with Crippen molar-refractivity contribution in [2.24, 2.45) is 23.7 Å². The number of rotatable bonds is 11. The molecule has 0 amide bonds. The Balaban J connectivity index is 2.56. The van der Waals surface area contributed by atoms with Crippen LogP contribution in [0.15, 0.2) is 12.2 Å². The molecule has 0 aromatic heterocycles. The number of ether oxygens (including phenoxy) is 1. The van der Waals surface area contributed by atoms with Crippen LogP contribution in [0, 0.1) is 23.7 Å². The third kappa shape index (κ3) is 7.62. The van der Waals surface area contributed by atoms with E-state index >= 15 is 0 Å². The van der Waals surface area contributed by atoms with E-state index in [0.29, 0.717) is 18.8 Å². The van der Waals surface area contributed by atoms with Crippen LogP contribution in [0.5, 0.6) is 0 Å². The highest BCUT2D eigenvalue weighted by Gasteiger charge is 2.36. The van der Waals surface area contributed by atoms with Crippen LogP contribution in [0.1, 0.15) is 79.1 Å². The number of hydrogen-bond acceptors (Lipinski definition) is 3. The van der Waals surface area contributed by atoms with Gasteiger partial charge in [0.05, 0.1) is 11.8 Å². The van der Waals surface area contributed by atoms with Gasteiger partial charge in [0, 0.05) is 0 Å². The Kier molecular flexibility index (Phi) is 9.84. The normalized spacial score (nSPS) is 22.6. The van der Waals surface area contributed by atoms with Crippen LogP contribution in [0.2, 0.25) is 0 Å². The van der Waals surface area contributed by atoms with Gasteiger partial charge in [0.15, 0.2) is 0 Å². The Morgan fingerprint density at radius 2 is 1.64 bits per heavy atom. The number of aliphatic carboxylic acids is 1. The number of allylic oxidation sites excluding steroid dienone is 2. The average molecular weight is 353 g/mol. The fourth-order valence-electron chi connectivity index (χ4n) is 3.38. The van der Waals surface area contributed by atoms with Gasteiger partial charge in [-0.1, -0.05) is 65.5 Å². The van der Waals surface area contributed by atoms with Crippen LogP contribution in [0.3, 0.4) is 0 Å². The molecule has 0 fully saturated rings. The average Bonchev–Trinajstić information content (AvgIpc) is 2.59. The molecule has 4 heteroatoms. The molecular formula is C21H36O4. The maximum atomic E-state index is 12.6.